The molecule has 3 aromatic rings. The van der Waals surface area contributed by atoms with Gasteiger partial charge in [-0.3, -0.25) is 9.48 Å². The van der Waals surface area contributed by atoms with Crippen LogP contribution in [0.3, 0.4) is 0 Å². The Balaban J connectivity index is 1.89. The molecule has 7 nitrogen and oxygen atoms in total. The second-order valence-electron chi connectivity index (χ2n) is 6.19. The van der Waals surface area contributed by atoms with Crippen molar-refractivity contribution in [1.29, 1.82) is 0 Å². The monoisotopic (exact) mass is 394 g/mol. The molecule has 0 fully saturated rings. The number of nitrogens with zero attached hydrogens (tertiary/aromatic N) is 3. The molecule has 2 aromatic heterocycles. The van der Waals surface area contributed by atoms with Crippen LogP contribution in [0.5, 0.6) is 0 Å². The van der Waals surface area contributed by atoms with Gasteiger partial charge in [0.1, 0.15) is 17.0 Å². The second kappa shape index (κ2) is 7.47. The molecule has 10 heteroatoms. The van der Waals surface area contributed by atoms with E-state index in [2.05, 4.69) is 15.6 Å². The van der Waals surface area contributed by atoms with Gasteiger partial charge in [-0.15, -0.1) is 0 Å². The standard InChI is InChI=1S/C18H17F3N4O3/c1-10-15(17(27)23-14(9-26)12-7-22-25(2)8-12)16(24-28-10)11-3-5-13(6-4-11)18(19,20)21/h3-8,14,26H,9H2,1-2H3,(H,23,27). The average molecular weight is 394 g/mol. The van der Waals surface area contributed by atoms with Gasteiger partial charge in [-0.25, -0.2) is 0 Å². The zero-order chi connectivity index (χ0) is 20.5. The Morgan fingerprint density at radius 3 is 2.54 bits per heavy atom. The largest absolute Gasteiger partial charge is 0.416 e. The molecule has 1 unspecified atom stereocenters. The molecule has 1 atom stereocenters. The molecule has 0 spiro atoms. The number of rotatable bonds is 5. The van der Waals surface area contributed by atoms with Gasteiger partial charge in [0.2, 0.25) is 0 Å². The highest BCUT2D eigenvalue weighted by Crippen LogP contribution is 2.32. The Morgan fingerprint density at radius 2 is 2.00 bits per heavy atom. The smallest absolute Gasteiger partial charge is 0.394 e. The number of carbonyl (C=O) groups is 1. The normalized spacial score (nSPS) is 12.8. The lowest BCUT2D eigenvalue weighted by atomic mass is 10.0. The van der Waals surface area contributed by atoms with E-state index in [1.807, 2.05) is 0 Å². The maximum absolute atomic E-state index is 12.8. The van der Waals surface area contributed by atoms with Gasteiger partial charge >= 0.3 is 6.18 Å². The van der Waals surface area contributed by atoms with Crippen LogP contribution in [0.2, 0.25) is 0 Å². The summed E-state index contributed by atoms with van der Waals surface area (Å²) in [5.74, 6) is -0.369. The third kappa shape index (κ3) is 3.91. The van der Waals surface area contributed by atoms with Crippen molar-refractivity contribution in [1.82, 2.24) is 20.3 Å². The molecule has 2 heterocycles. The van der Waals surface area contributed by atoms with Crippen LogP contribution < -0.4 is 5.32 Å². The predicted octanol–water partition coefficient (Wildman–Crippen LogP) is 2.87. The van der Waals surface area contributed by atoms with Crippen molar-refractivity contribution in [3.8, 4) is 11.3 Å². The van der Waals surface area contributed by atoms with Crippen LogP contribution in [0, 0.1) is 6.92 Å². The summed E-state index contributed by atoms with van der Waals surface area (Å²) in [5, 5.41) is 20.1. The maximum Gasteiger partial charge on any atom is 0.416 e. The third-order valence-electron chi connectivity index (χ3n) is 4.19. The van der Waals surface area contributed by atoms with Gasteiger partial charge < -0.3 is 14.9 Å². The Labute approximate surface area is 157 Å². The molecule has 28 heavy (non-hydrogen) atoms. The van der Waals surface area contributed by atoms with E-state index in [4.69, 9.17) is 4.52 Å². The van der Waals surface area contributed by atoms with Gasteiger partial charge in [0, 0.05) is 24.4 Å². The first-order valence-corrected chi connectivity index (χ1v) is 8.25. The first-order valence-electron chi connectivity index (χ1n) is 8.25. The molecule has 3 rings (SSSR count). The molecule has 0 aliphatic rings. The Kier molecular flexibility index (Phi) is 5.23. The predicted molar refractivity (Wildman–Crippen MR) is 92.2 cm³/mol. The number of benzene rings is 1. The van der Waals surface area contributed by atoms with E-state index in [9.17, 15) is 23.1 Å². The summed E-state index contributed by atoms with van der Waals surface area (Å²) in [7, 11) is 1.70. The van der Waals surface area contributed by atoms with E-state index in [1.54, 1.807) is 13.2 Å². The molecule has 0 saturated heterocycles. The number of aryl methyl sites for hydroxylation is 2. The lowest BCUT2D eigenvalue weighted by molar-refractivity contribution is -0.137. The fourth-order valence-corrected chi connectivity index (χ4v) is 2.74. The highest BCUT2D eigenvalue weighted by Gasteiger charge is 2.31. The van der Waals surface area contributed by atoms with Gasteiger partial charge in [0.05, 0.1) is 24.4 Å². The van der Waals surface area contributed by atoms with Crippen molar-refractivity contribution in [2.45, 2.75) is 19.1 Å². The van der Waals surface area contributed by atoms with Crippen LogP contribution in [0.4, 0.5) is 13.2 Å². The summed E-state index contributed by atoms with van der Waals surface area (Å²) in [6, 6.07) is 3.56. The van der Waals surface area contributed by atoms with Gasteiger partial charge in [-0.05, 0) is 19.1 Å². The van der Waals surface area contributed by atoms with Crippen molar-refractivity contribution in [3.05, 3.63) is 59.1 Å². The first kappa shape index (κ1) is 19.6. The average Bonchev–Trinajstić information content (AvgIpc) is 3.24. The minimum absolute atomic E-state index is 0.0853. The van der Waals surface area contributed by atoms with Gasteiger partial charge in [-0.1, -0.05) is 17.3 Å². The van der Waals surface area contributed by atoms with Crippen molar-refractivity contribution < 1.29 is 27.6 Å². The number of hydrogen-bond donors (Lipinski definition) is 2. The molecule has 1 aromatic carbocycles. The van der Waals surface area contributed by atoms with Crippen LogP contribution >= 0.6 is 0 Å². The summed E-state index contributed by atoms with van der Waals surface area (Å²) in [6.07, 6.45) is -1.30. The Bertz CT molecular complexity index is 977. The van der Waals surface area contributed by atoms with Crippen molar-refractivity contribution >= 4 is 5.91 Å². The third-order valence-corrected chi connectivity index (χ3v) is 4.19. The van der Waals surface area contributed by atoms with Crippen molar-refractivity contribution in [2.24, 2.45) is 7.05 Å². The fraction of sp³-hybridized carbons (Fsp3) is 0.278. The lowest BCUT2D eigenvalue weighted by Crippen LogP contribution is -2.31. The van der Waals surface area contributed by atoms with Gasteiger partial charge in [-0.2, -0.15) is 18.3 Å². The zero-order valence-corrected chi connectivity index (χ0v) is 15.0. The van der Waals surface area contributed by atoms with E-state index >= 15 is 0 Å². The molecule has 0 saturated carbocycles. The van der Waals surface area contributed by atoms with Crippen molar-refractivity contribution in [3.63, 3.8) is 0 Å². The number of amides is 1. The number of alkyl halides is 3. The zero-order valence-electron chi connectivity index (χ0n) is 15.0. The summed E-state index contributed by atoms with van der Waals surface area (Å²) in [6.45, 7) is 1.16. The highest BCUT2D eigenvalue weighted by molar-refractivity contribution is 6.01. The number of halogens is 3. The maximum atomic E-state index is 12.8. The summed E-state index contributed by atoms with van der Waals surface area (Å²) in [5.41, 5.74) is 0.300. The van der Waals surface area contributed by atoms with E-state index < -0.39 is 23.7 Å². The SMILES string of the molecule is Cc1onc(-c2ccc(C(F)(F)F)cc2)c1C(=O)NC(CO)c1cnn(C)c1. The van der Waals surface area contributed by atoms with Crippen LogP contribution in [0.15, 0.2) is 41.2 Å². The highest BCUT2D eigenvalue weighted by atomic mass is 19.4. The molecular weight excluding hydrogens is 377 g/mol. The van der Waals surface area contributed by atoms with Crippen LogP contribution in [0.25, 0.3) is 11.3 Å². The van der Waals surface area contributed by atoms with E-state index in [0.29, 0.717) is 11.1 Å². The molecule has 0 aliphatic heterocycles. The molecule has 148 valence electrons. The summed E-state index contributed by atoms with van der Waals surface area (Å²) in [4.78, 5) is 12.8. The molecule has 0 aliphatic carbocycles. The lowest BCUT2D eigenvalue weighted by Gasteiger charge is -2.15. The minimum atomic E-state index is -4.46. The number of carbonyl (C=O) groups excluding carboxylic acids is 1. The molecule has 0 bridgehead atoms. The Hall–Kier alpha value is -3.14. The molecule has 2 N–H and O–H groups in total. The van der Waals surface area contributed by atoms with Crippen molar-refractivity contribution in [2.75, 3.05) is 6.61 Å². The number of aliphatic hydroxyl groups excluding tert-OH is 1. The number of aliphatic hydroxyl groups is 1. The summed E-state index contributed by atoms with van der Waals surface area (Å²) >= 11 is 0. The second-order valence-corrected chi connectivity index (χ2v) is 6.19. The van der Waals surface area contributed by atoms with Crippen LogP contribution in [-0.2, 0) is 13.2 Å². The quantitative estimate of drug-likeness (QED) is 0.694. The minimum Gasteiger partial charge on any atom is -0.394 e. The fourth-order valence-electron chi connectivity index (χ4n) is 2.74. The van der Waals surface area contributed by atoms with E-state index in [0.717, 1.165) is 12.1 Å². The van der Waals surface area contributed by atoms with Crippen LogP contribution in [0.1, 0.15) is 33.3 Å². The van der Waals surface area contributed by atoms with E-state index in [-0.39, 0.29) is 23.6 Å². The topological polar surface area (TPSA) is 93.2 Å². The van der Waals surface area contributed by atoms with Crippen LogP contribution in [-0.4, -0.2) is 32.6 Å². The molecule has 0 radical (unpaired) electrons. The van der Waals surface area contributed by atoms with Gasteiger partial charge in [0.15, 0.2) is 0 Å². The summed E-state index contributed by atoms with van der Waals surface area (Å²) < 4.78 is 44.9. The number of hydrogen-bond acceptors (Lipinski definition) is 5. The Morgan fingerprint density at radius 1 is 1.32 bits per heavy atom. The van der Waals surface area contributed by atoms with E-state index in [1.165, 1.54) is 29.9 Å². The number of nitrogens with one attached hydrogen (secondary N) is 1. The number of aromatic nitrogens is 3. The molecular formula is C18H17F3N4O3. The molecule has 1 amide bonds. The van der Waals surface area contributed by atoms with Gasteiger partial charge in [0.25, 0.3) is 5.91 Å². The first-order chi connectivity index (χ1) is 13.2.